The van der Waals surface area contributed by atoms with Crippen LogP contribution in [0.4, 0.5) is 0 Å². The van der Waals surface area contributed by atoms with Gasteiger partial charge in [0, 0.05) is 26.2 Å². The first-order valence-corrected chi connectivity index (χ1v) is 7.64. The van der Waals surface area contributed by atoms with E-state index in [-0.39, 0.29) is 6.04 Å². The fourth-order valence-corrected chi connectivity index (χ4v) is 2.59. The molecule has 114 valence electrons. The molecule has 1 aromatic rings. The van der Waals surface area contributed by atoms with Crippen LogP contribution in [-0.2, 0) is 11.2 Å². The maximum Gasteiger partial charge on any atom is 0.0589 e. The van der Waals surface area contributed by atoms with E-state index >= 15 is 0 Å². The second-order valence-electron chi connectivity index (χ2n) is 5.71. The van der Waals surface area contributed by atoms with E-state index in [1.807, 2.05) is 0 Å². The molecule has 0 amide bonds. The number of rotatable bonds is 9. The number of benzene rings is 1. The Morgan fingerprint density at radius 2 is 1.85 bits per heavy atom. The second kappa shape index (κ2) is 9.11. The molecule has 20 heavy (non-hydrogen) atoms. The predicted octanol–water partition coefficient (Wildman–Crippen LogP) is 2.85. The van der Waals surface area contributed by atoms with Crippen LogP contribution in [-0.4, -0.2) is 38.3 Å². The lowest BCUT2D eigenvalue weighted by Gasteiger charge is -2.30. The van der Waals surface area contributed by atoms with Gasteiger partial charge in [-0.05, 0) is 30.0 Å². The minimum absolute atomic E-state index is 0.281. The Labute approximate surface area is 124 Å². The third kappa shape index (κ3) is 5.23. The Kier molecular flexibility index (Phi) is 7.82. The van der Waals surface area contributed by atoms with Gasteiger partial charge in [-0.1, -0.05) is 45.0 Å². The zero-order valence-corrected chi connectivity index (χ0v) is 13.4. The van der Waals surface area contributed by atoms with Crippen LogP contribution < -0.4 is 5.73 Å². The minimum atomic E-state index is 0.281. The minimum Gasteiger partial charge on any atom is -0.383 e. The highest BCUT2D eigenvalue weighted by Gasteiger charge is 2.17. The van der Waals surface area contributed by atoms with E-state index in [1.54, 1.807) is 7.11 Å². The largest absolute Gasteiger partial charge is 0.383 e. The summed E-state index contributed by atoms with van der Waals surface area (Å²) in [7, 11) is 1.74. The van der Waals surface area contributed by atoms with Gasteiger partial charge in [0.15, 0.2) is 0 Å². The number of hydrogen-bond donors (Lipinski definition) is 1. The van der Waals surface area contributed by atoms with E-state index in [0.29, 0.717) is 12.5 Å². The molecule has 0 fully saturated rings. The molecule has 1 rings (SSSR count). The van der Waals surface area contributed by atoms with E-state index in [2.05, 4.69) is 49.9 Å². The first-order chi connectivity index (χ1) is 9.62. The Hall–Kier alpha value is -0.900. The molecule has 1 atom stereocenters. The van der Waals surface area contributed by atoms with Crippen LogP contribution in [0.2, 0.25) is 0 Å². The molecule has 0 aliphatic rings. The molecule has 3 nitrogen and oxygen atoms in total. The topological polar surface area (TPSA) is 38.5 Å². The van der Waals surface area contributed by atoms with Gasteiger partial charge in [-0.3, -0.25) is 4.90 Å². The smallest absolute Gasteiger partial charge is 0.0589 e. The van der Waals surface area contributed by atoms with Crippen molar-refractivity contribution in [3.8, 4) is 0 Å². The van der Waals surface area contributed by atoms with Crippen molar-refractivity contribution in [2.24, 2.45) is 11.7 Å². The summed E-state index contributed by atoms with van der Waals surface area (Å²) in [6, 6.07) is 9.21. The van der Waals surface area contributed by atoms with Gasteiger partial charge in [0.05, 0.1) is 6.61 Å². The first-order valence-electron chi connectivity index (χ1n) is 7.64. The molecule has 0 saturated carbocycles. The molecule has 0 heterocycles. The first kappa shape index (κ1) is 17.2. The van der Waals surface area contributed by atoms with Crippen molar-refractivity contribution < 1.29 is 4.74 Å². The lowest BCUT2D eigenvalue weighted by molar-refractivity contribution is 0.125. The van der Waals surface area contributed by atoms with Crippen molar-refractivity contribution >= 4 is 0 Å². The molecule has 0 saturated heterocycles. The highest BCUT2D eigenvalue weighted by atomic mass is 16.5. The van der Waals surface area contributed by atoms with Crippen LogP contribution in [0.1, 0.15) is 37.9 Å². The zero-order valence-electron chi connectivity index (χ0n) is 13.4. The third-order valence-corrected chi connectivity index (χ3v) is 3.66. The van der Waals surface area contributed by atoms with Gasteiger partial charge in [-0.25, -0.2) is 0 Å². The van der Waals surface area contributed by atoms with E-state index in [9.17, 15) is 0 Å². The second-order valence-corrected chi connectivity index (χ2v) is 5.71. The number of nitrogens with zero attached hydrogens (tertiary/aromatic N) is 1. The fraction of sp³-hybridized carbons (Fsp3) is 0.647. The third-order valence-electron chi connectivity index (χ3n) is 3.66. The molecule has 1 unspecified atom stereocenters. The molecule has 0 spiro atoms. The summed E-state index contributed by atoms with van der Waals surface area (Å²) in [6.07, 6.45) is 1.13. The highest BCUT2D eigenvalue weighted by molar-refractivity contribution is 5.25. The van der Waals surface area contributed by atoms with E-state index < -0.39 is 0 Å². The molecule has 0 aliphatic carbocycles. The predicted molar refractivity (Wildman–Crippen MR) is 85.9 cm³/mol. The van der Waals surface area contributed by atoms with Crippen molar-refractivity contribution in [3.05, 3.63) is 35.4 Å². The summed E-state index contributed by atoms with van der Waals surface area (Å²) < 4.78 is 5.19. The highest BCUT2D eigenvalue weighted by Crippen LogP contribution is 2.20. The molecule has 0 bridgehead atoms. The Bertz CT molecular complexity index is 362. The Balaban J connectivity index is 2.77. The average Bonchev–Trinajstić information content (AvgIpc) is 2.44. The Morgan fingerprint density at radius 3 is 2.30 bits per heavy atom. The summed E-state index contributed by atoms with van der Waals surface area (Å²) in [5.41, 5.74) is 8.70. The van der Waals surface area contributed by atoms with Gasteiger partial charge < -0.3 is 10.5 Å². The standard InChI is InChI=1S/C17H30N2O/c1-5-19(10-11-20-4)17(13-18)16-8-6-15(7-9-16)12-14(2)3/h6-9,14,17H,5,10-13,18H2,1-4H3. The van der Waals surface area contributed by atoms with Crippen LogP contribution in [0.15, 0.2) is 24.3 Å². The number of methoxy groups -OCH3 is 1. The monoisotopic (exact) mass is 278 g/mol. The molecule has 0 aromatic heterocycles. The van der Waals surface area contributed by atoms with E-state index in [4.69, 9.17) is 10.5 Å². The summed E-state index contributed by atoms with van der Waals surface area (Å²) in [5, 5.41) is 0. The quantitative estimate of drug-likeness (QED) is 0.755. The summed E-state index contributed by atoms with van der Waals surface area (Å²) in [6.45, 7) is 9.96. The number of likely N-dealkylation sites (N-methyl/N-ethyl adjacent to an activating group) is 1. The van der Waals surface area contributed by atoms with Crippen LogP contribution >= 0.6 is 0 Å². The molecular weight excluding hydrogens is 248 g/mol. The maximum absolute atomic E-state index is 5.99. The van der Waals surface area contributed by atoms with Gasteiger partial charge in [0.1, 0.15) is 0 Å². The summed E-state index contributed by atoms with van der Waals surface area (Å²) in [4.78, 5) is 2.38. The van der Waals surface area contributed by atoms with Crippen molar-refractivity contribution in [3.63, 3.8) is 0 Å². The lowest BCUT2D eigenvalue weighted by Crippen LogP contribution is -2.36. The van der Waals surface area contributed by atoms with Crippen molar-refractivity contribution in [2.45, 2.75) is 33.2 Å². The SMILES string of the molecule is CCN(CCOC)C(CN)c1ccc(CC(C)C)cc1. The zero-order chi connectivity index (χ0) is 15.0. The fourth-order valence-electron chi connectivity index (χ4n) is 2.59. The maximum atomic E-state index is 5.99. The molecular formula is C17H30N2O. The van der Waals surface area contributed by atoms with Crippen molar-refractivity contribution in [2.75, 3.05) is 33.4 Å². The molecule has 3 heteroatoms. The molecule has 0 radical (unpaired) electrons. The van der Waals surface area contributed by atoms with Crippen LogP contribution in [0.3, 0.4) is 0 Å². The molecule has 0 aliphatic heterocycles. The van der Waals surface area contributed by atoms with Gasteiger partial charge in [-0.15, -0.1) is 0 Å². The van der Waals surface area contributed by atoms with Crippen molar-refractivity contribution in [1.29, 1.82) is 0 Å². The average molecular weight is 278 g/mol. The number of nitrogens with two attached hydrogens (primary N) is 1. The van der Waals surface area contributed by atoms with E-state index in [0.717, 1.165) is 26.1 Å². The summed E-state index contributed by atoms with van der Waals surface area (Å²) >= 11 is 0. The normalized spacial score (nSPS) is 13.2. The van der Waals surface area contributed by atoms with E-state index in [1.165, 1.54) is 11.1 Å². The van der Waals surface area contributed by atoms with Crippen LogP contribution in [0.25, 0.3) is 0 Å². The van der Waals surface area contributed by atoms with Gasteiger partial charge in [0.2, 0.25) is 0 Å². The van der Waals surface area contributed by atoms with Crippen LogP contribution in [0.5, 0.6) is 0 Å². The molecule has 1 aromatic carbocycles. The van der Waals surface area contributed by atoms with Crippen LogP contribution in [0, 0.1) is 5.92 Å². The van der Waals surface area contributed by atoms with Gasteiger partial charge >= 0.3 is 0 Å². The number of ether oxygens (including phenoxy) is 1. The van der Waals surface area contributed by atoms with Crippen molar-refractivity contribution in [1.82, 2.24) is 4.90 Å². The number of hydrogen-bond acceptors (Lipinski definition) is 3. The molecule has 2 N–H and O–H groups in total. The Morgan fingerprint density at radius 1 is 1.20 bits per heavy atom. The van der Waals surface area contributed by atoms with Gasteiger partial charge in [0.25, 0.3) is 0 Å². The lowest BCUT2D eigenvalue weighted by atomic mass is 9.99. The summed E-state index contributed by atoms with van der Waals surface area (Å²) in [5.74, 6) is 0.694. The van der Waals surface area contributed by atoms with Gasteiger partial charge in [-0.2, -0.15) is 0 Å².